The number of hydrogen-bond acceptors (Lipinski definition) is 4. The van der Waals surface area contributed by atoms with Gasteiger partial charge < -0.3 is 14.6 Å². The summed E-state index contributed by atoms with van der Waals surface area (Å²) in [6, 6.07) is 17.0. The first-order valence-electron chi connectivity index (χ1n) is 9.34. The van der Waals surface area contributed by atoms with Gasteiger partial charge in [-0.1, -0.05) is 61.9 Å². The van der Waals surface area contributed by atoms with E-state index in [-0.39, 0.29) is 0 Å². The minimum atomic E-state index is -4.82. The number of nitrogens with zero attached hydrogens (tertiary/aromatic N) is 1. The van der Waals surface area contributed by atoms with Crippen LogP contribution in [-0.4, -0.2) is 12.1 Å². The quantitative estimate of drug-likeness (QED) is 0.611. The average molecular weight is 449 g/mol. The van der Waals surface area contributed by atoms with Crippen LogP contribution in [0.25, 0.3) is 0 Å². The maximum atomic E-state index is 13.0. The molecule has 0 saturated heterocycles. The molecule has 1 fully saturated rings. The summed E-state index contributed by atoms with van der Waals surface area (Å²) >= 11 is 5.38. The molecule has 1 aliphatic rings. The molecular formula is C23H18ClF3NO3-. The van der Waals surface area contributed by atoms with Crippen LogP contribution in [0.15, 0.2) is 65.7 Å². The Morgan fingerprint density at radius 3 is 2.35 bits per heavy atom. The fraction of sp³-hybridized carbons (Fsp3) is 0.304. The van der Waals surface area contributed by atoms with Crippen molar-refractivity contribution in [3.8, 4) is 17.6 Å². The van der Waals surface area contributed by atoms with Gasteiger partial charge in [0.1, 0.15) is 16.5 Å². The zero-order chi connectivity index (χ0) is 23.0. The molecule has 2 aromatic rings. The van der Waals surface area contributed by atoms with Gasteiger partial charge >= 0.3 is 6.18 Å². The van der Waals surface area contributed by atoms with Gasteiger partial charge in [-0.2, -0.15) is 18.4 Å². The molecule has 1 saturated carbocycles. The van der Waals surface area contributed by atoms with Crippen LogP contribution in [0.3, 0.4) is 0 Å². The van der Waals surface area contributed by atoms with Crippen molar-refractivity contribution in [1.29, 1.82) is 5.26 Å². The minimum absolute atomic E-state index is 0.298. The van der Waals surface area contributed by atoms with Gasteiger partial charge in [0, 0.05) is 5.41 Å². The average Bonchev–Trinajstić information content (AvgIpc) is 3.18. The normalized spacial score (nSPS) is 23.5. The van der Waals surface area contributed by atoms with Crippen molar-refractivity contribution in [3.05, 3.63) is 71.3 Å². The highest BCUT2D eigenvalue weighted by Gasteiger charge is 2.75. The van der Waals surface area contributed by atoms with E-state index in [0.29, 0.717) is 23.1 Å². The number of para-hydroxylation sites is 1. The van der Waals surface area contributed by atoms with Crippen molar-refractivity contribution in [3.63, 3.8) is 0 Å². The van der Waals surface area contributed by atoms with E-state index in [1.165, 1.54) is 26.0 Å². The summed E-state index contributed by atoms with van der Waals surface area (Å²) in [5, 5.41) is 20.7. The number of allylic oxidation sites excluding steroid dienone is 2. The van der Waals surface area contributed by atoms with Crippen LogP contribution in [-0.2, 0) is 4.79 Å². The molecule has 0 aliphatic heterocycles. The Hall–Kier alpha value is -2.98. The largest absolute Gasteiger partial charge is 0.549 e. The smallest absolute Gasteiger partial charge is 0.426 e. The second-order valence-corrected chi connectivity index (χ2v) is 8.33. The number of hydrogen-bond donors (Lipinski definition) is 0. The Morgan fingerprint density at radius 2 is 1.81 bits per heavy atom. The first-order valence-corrected chi connectivity index (χ1v) is 9.72. The van der Waals surface area contributed by atoms with Crippen LogP contribution in [0.2, 0.25) is 0 Å². The number of carboxylic acid groups (broad SMARTS) is 1. The third-order valence-electron chi connectivity index (χ3n) is 5.93. The maximum absolute atomic E-state index is 13.0. The molecule has 0 spiro atoms. The highest BCUT2D eigenvalue weighted by molar-refractivity contribution is 6.30. The number of ether oxygens (including phenoxy) is 1. The van der Waals surface area contributed by atoms with E-state index in [1.807, 2.05) is 12.1 Å². The van der Waals surface area contributed by atoms with Gasteiger partial charge in [0.15, 0.2) is 0 Å². The molecule has 0 amide bonds. The van der Waals surface area contributed by atoms with E-state index >= 15 is 0 Å². The standard InChI is InChI=1S/C23H19ClF3NO3/c1-21(2)18(12-19(24)23(25,26)27)22(21,20(29)30)17(13-28)14-7-6-10-16(11-14)31-15-8-4-3-5-9-15/h3-12,17-18H,1-2H3,(H,29,30)/p-1/t17-,18+,22+/m0/s1. The molecule has 3 atom stereocenters. The molecule has 4 nitrogen and oxygen atoms in total. The fourth-order valence-corrected chi connectivity index (χ4v) is 4.43. The van der Waals surface area contributed by atoms with Gasteiger partial charge in [0.2, 0.25) is 0 Å². The van der Waals surface area contributed by atoms with E-state index in [0.717, 1.165) is 0 Å². The van der Waals surface area contributed by atoms with Crippen LogP contribution in [0.5, 0.6) is 11.5 Å². The third kappa shape index (κ3) is 3.88. The Labute approximate surface area is 182 Å². The van der Waals surface area contributed by atoms with Crippen LogP contribution >= 0.6 is 11.6 Å². The fourth-order valence-electron chi connectivity index (χ4n) is 4.30. The van der Waals surface area contributed by atoms with Gasteiger partial charge in [-0.3, -0.25) is 0 Å². The van der Waals surface area contributed by atoms with E-state index in [2.05, 4.69) is 0 Å². The molecule has 8 heteroatoms. The first-order chi connectivity index (χ1) is 14.5. The molecule has 31 heavy (non-hydrogen) atoms. The highest BCUT2D eigenvalue weighted by Crippen LogP contribution is 2.75. The maximum Gasteiger partial charge on any atom is 0.426 e. The molecule has 0 heterocycles. The van der Waals surface area contributed by atoms with E-state index in [9.17, 15) is 28.3 Å². The van der Waals surface area contributed by atoms with Crippen molar-refractivity contribution in [2.24, 2.45) is 16.7 Å². The summed E-state index contributed by atoms with van der Waals surface area (Å²) in [5.74, 6) is -3.15. The van der Waals surface area contributed by atoms with Crippen LogP contribution in [0.1, 0.15) is 25.3 Å². The topological polar surface area (TPSA) is 73.1 Å². The monoisotopic (exact) mass is 448 g/mol. The number of rotatable bonds is 6. The van der Waals surface area contributed by atoms with E-state index in [4.69, 9.17) is 16.3 Å². The molecule has 2 aromatic carbocycles. The van der Waals surface area contributed by atoms with Crippen molar-refractivity contribution < 1.29 is 27.8 Å². The summed E-state index contributed by atoms with van der Waals surface area (Å²) in [6.07, 6.45) is -4.14. The number of aliphatic carboxylic acids is 1. The number of halogens is 4. The second-order valence-electron chi connectivity index (χ2n) is 7.92. The Balaban J connectivity index is 2.03. The summed E-state index contributed by atoms with van der Waals surface area (Å²) in [6.45, 7) is 2.97. The Bertz CT molecular complexity index is 1060. The lowest BCUT2D eigenvalue weighted by molar-refractivity contribution is -0.316. The predicted molar refractivity (Wildman–Crippen MR) is 106 cm³/mol. The van der Waals surface area contributed by atoms with Gasteiger partial charge in [-0.05, 0) is 41.2 Å². The molecule has 0 radical (unpaired) electrons. The van der Waals surface area contributed by atoms with Crippen molar-refractivity contribution in [2.45, 2.75) is 25.9 Å². The minimum Gasteiger partial charge on any atom is -0.549 e. The lowest BCUT2D eigenvalue weighted by atomic mass is 9.78. The molecule has 0 unspecified atom stereocenters. The first kappa shape index (κ1) is 22.7. The van der Waals surface area contributed by atoms with E-state index < -0.39 is 39.8 Å². The van der Waals surface area contributed by atoms with Gasteiger partial charge in [0.25, 0.3) is 0 Å². The van der Waals surface area contributed by atoms with Crippen LogP contribution in [0, 0.1) is 28.1 Å². The molecule has 3 rings (SSSR count). The summed E-state index contributed by atoms with van der Waals surface area (Å²) < 4.78 is 44.6. The van der Waals surface area contributed by atoms with Gasteiger partial charge in [-0.15, -0.1) is 0 Å². The summed E-state index contributed by atoms with van der Waals surface area (Å²) in [5.41, 5.74) is -2.79. The molecule has 0 N–H and O–H groups in total. The zero-order valence-electron chi connectivity index (χ0n) is 16.6. The van der Waals surface area contributed by atoms with Crippen LogP contribution < -0.4 is 9.84 Å². The third-order valence-corrected chi connectivity index (χ3v) is 6.27. The van der Waals surface area contributed by atoms with Crippen molar-refractivity contribution >= 4 is 17.6 Å². The number of carboxylic acids is 1. The lowest BCUT2D eigenvalue weighted by Gasteiger charge is -2.27. The lowest BCUT2D eigenvalue weighted by Crippen LogP contribution is -2.40. The number of carbonyl (C=O) groups is 1. The highest BCUT2D eigenvalue weighted by atomic mass is 35.5. The zero-order valence-corrected chi connectivity index (χ0v) is 17.4. The Morgan fingerprint density at radius 1 is 1.19 bits per heavy atom. The summed E-state index contributed by atoms with van der Waals surface area (Å²) in [4.78, 5) is 12.2. The number of benzene rings is 2. The van der Waals surface area contributed by atoms with Gasteiger partial charge in [-0.25, -0.2) is 0 Å². The number of carbonyl (C=O) groups excluding carboxylic acids is 1. The predicted octanol–water partition coefficient (Wildman–Crippen LogP) is 5.16. The van der Waals surface area contributed by atoms with Crippen LogP contribution in [0.4, 0.5) is 13.2 Å². The van der Waals surface area contributed by atoms with Crippen molar-refractivity contribution in [1.82, 2.24) is 0 Å². The number of nitriles is 1. The SMILES string of the molecule is CC1(C)[C@@H](C=C(Cl)C(F)(F)F)[C@@]1(C(=O)[O-])[C@@H](C#N)c1cccc(Oc2ccccc2)c1. The molecule has 162 valence electrons. The van der Waals surface area contributed by atoms with Crippen molar-refractivity contribution in [2.75, 3.05) is 0 Å². The second kappa shape index (κ2) is 7.93. The molecule has 0 bridgehead atoms. The molecular weight excluding hydrogens is 431 g/mol. The summed E-state index contributed by atoms with van der Waals surface area (Å²) in [7, 11) is 0. The van der Waals surface area contributed by atoms with E-state index in [1.54, 1.807) is 36.4 Å². The van der Waals surface area contributed by atoms with Gasteiger partial charge in [0.05, 0.1) is 18.0 Å². The Kier molecular flexibility index (Phi) is 5.81. The molecule has 0 aromatic heterocycles. The molecule has 1 aliphatic carbocycles. The number of alkyl halides is 3.